The summed E-state index contributed by atoms with van der Waals surface area (Å²) in [6, 6.07) is 16.3. The predicted octanol–water partition coefficient (Wildman–Crippen LogP) is 6.60. The standard InChI is InChI=1S/2C11H12N2.2ClH.Pd/c2*1-2-3-8-13-9-12-10-6-4-5-7-11(10)13;;;/h2*2,4-7,9H,1,3,8H2;2*1H;/q;;;;+2/p-2. The summed E-state index contributed by atoms with van der Waals surface area (Å²) in [5.74, 6) is 0. The average molecular weight is 522 g/mol. The van der Waals surface area contributed by atoms with Crippen LogP contribution >= 0.6 is 19.1 Å². The van der Waals surface area contributed by atoms with Gasteiger partial charge in [0.25, 0.3) is 0 Å². The van der Waals surface area contributed by atoms with Gasteiger partial charge in [0, 0.05) is 13.1 Å². The fraction of sp³-hybridized carbons (Fsp3) is 0.182. The first kappa shape index (κ1) is 23.4. The van der Waals surface area contributed by atoms with E-state index in [-0.39, 0.29) is 15.9 Å². The van der Waals surface area contributed by atoms with E-state index < -0.39 is 0 Å². The van der Waals surface area contributed by atoms with E-state index in [4.69, 9.17) is 19.1 Å². The van der Waals surface area contributed by atoms with Gasteiger partial charge in [-0.1, -0.05) is 36.4 Å². The summed E-state index contributed by atoms with van der Waals surface area (Å²) in [7, 11) is 9.63. The molecule has 0 aliphatic rings. The molecule has 2 aromatic carbocycles. The maximum absolute atomic E-state index is 4.81. The van der Waals surface area contributed by atoms with Crippen LogP contribution in [0.2, 0.25) is 0 Å². The van der Waals surface area contributed by atoms with Crippen LogP contribution in [0.25, 0.3) is 22.1 Å². The first-order chi connectivity index (χ1) is 14.2. The molecule has 2 heterocycles. The summed E-state index contributed by atoms with van der Waals surface area (Å²) in [6.45, 7) is 9.34. The van der Waals surface area contributed by atoms with E-state index in [0.29, 0.717) is 0 Å². The van der Waals surface area contributed by atoms with E-state index in [2.05, 4.69) is 44.4 Å². The molecule has 0 bridgehead atoms. The zero-order chi connectivity index (χ0) is 20.9. The molecule has 4 nitrogen and oxygen atoms in total. The number of aromatic nitrogens is 4. The molecule has 0 aliphatic carbocycles. The number of aryl methyl sites for hydroxylation is 2. The van der Waals surface area contributed by atoms with E-state index in [9.17, 15) is 0 Å². The van der Waals surface area contributed by atoms with Crippen molar-refractivity contribution in [2.45, 2.75) is 25.9 Å². The molecule has 4 rings (SSSR count). The topological polar surface area (TPSA) is 35.6 Å². The van der Waals surface area contributed by atoms with Crippen LogP contribution < -0.4 is 0 Å². The van der Waals surface area contributed by atoms with Gasteiger partial charge in [-0.25, -0.2) is 9.97 Å². The Hall–Kier alpha value is -1.90. The first-order valence-electron chi connectivity index (χ1n) is 9.09. The number of halogens is 2. The van der Waals surface area contributed by atoms with Gasteiger partial charge in [0.1, 0.15) is 0 Å². The minimum absolute atomic E-state index is 0.106. The molecule has 156 valence electrons. The van der Waals surface area contributed by atoms with Crippen LogP contribution in [0, 0.1) is 0 Å². The van der Waals surface area contributed by atoms with Gasteiger partial charge in [0.15, 0.2) is 0 Å². The molecule has 7 heteroatoms. The predicted molar refractivity (Wildman–Crippen MR) is 121 cm³/mol. The van der Waals surface area contributed by atoms with E-state index in [0.717, 1.165) is 37.0 Å². The fourth-order valence-corrected chi connectivity index (χ4v) is 2.84. The molecule has 0 aliphatic heterocycles. The Morgan fingerprint density at radius 1 is 0.759 bits per heavy atom. The van der Waals surface area contributed by atoms with E-state index in [1.165, 1.54) is 11.0 Å². The summed E-state index contributed by atoms with van der Waals surface area (Å²) >= 11 is -0.106. The Morgan fingerprint density at radius 2 is 1.14 bits per heavy atom. The number of benzene rings is 2. The van der Waals surface area contributed by atoms with Gasteiger partial charge >= 0.3 is 35.0 Å². The molecule has 2 aromatic heterocycles. The van der Waals surface area contributed by atoms with Crippen LogP contribution in [-0.2, 0) is 29.0 Å². The summed E-state index contributed by atoms with van der Waals surface area (Å²) < 4.78 is 4.30. The Balaban J connectivity index is 0.000000183. The summed E-state index contributed by atoms with van der Waals surface area (Å²) in [5.41, 5.74) is 4.52. The van der Waals surface area contributed by atoms with Gasteiger partial charge in [-0.3, -0.25) is 0 Å². The molecule has 0 atom stereocenters. The van der Waals surface area contributed by atoms with Crippen molar-refractivity contribution in [3.8, 4) is 0 Å². The first-order valence-corrected chi connectivity index (χ1v) is 13.1. The van der Waals surface area contributed by atoms with Crippen LogP contribution in [0.5, 0.6) is 0 Å². The summed E-state index contributed by atoms with van der Waals surface area (Å²) in [5, 5.41) is 0. The van der Waals surface area contributed by atoms with Crippen molar-refractivity contribution in [2.24, 2.45) is 0 Å². The Labute approximate surface area is 188 Å². The van der Waals surface area contributed by atoms with Crippen molar-refractivity contribution in [1.29, 1.82) is 0 Å². The minimum atomic E-state index is -0.106. The maximum atomic E-state index is 4.81. The fourth-order valence-electron chi connectivity index (χ4n) is 2.84. The monoisotopic (exact) mass is 520 g/mol. The van der Waals surface area contributed by atoms with Crippen molar-refractivity contribution < 1.29 is 15.9 Å². The summed E-state index contributed by atoms with van der Waals surface area (Å²) in [6.07, 6.45) is 9.59. The van der Waals surface area contributed by atoms with Crippen molar-refractivity contribution in [2.75, 3.05) is 0 Å². The number of imidazole rings is 2. The Kier molecular flexibility index (Phi) is 10.8. The number of allylic oxidation sites excluding steroid dienone is 2. The molecule has 29 heavy (non-hydrogen) atoms. The number of hydrogen-bond acceptors (Lipinski definition) is 2. The molecule has 0 unspecified atom stereocenters. The third kappa shape index (κ3) is 7.13. The molecular weight excluding hydrogens is 498 g/mol. The zero-order valence-corrected chi connectivity index (χ0v) is 19.1. The molecule has 0 radical (unpaired) electrons. The molecule has 4 aromatic rings. The number of nitrogens with zero attached hydrogens (tertiary/aromatic N) is 4. The van der Waals surface area contributed by atoms with Crippen LogP contribution in [0.3, 0.4) is 0 Å². The molecule has 0 saturated carbocycles. The quantitative estimate of drug-likeness (QED) is 0.212. The molecule has 0 fully saturated rings. The average Bonchev–Trinajstić information content (AvgIpc) is 3.36. The van der Waals surface area contributed by atoms with Crippen molar-refractivity contribution in [1.82, 2.24) is 19.1 Å². The van der Waals surface area contributed by atoms with E-state index in [1.54, 1.807) is 0 Å². The van der Waals surface area contributed by atoms with Gasteiger partial charge in [0.05, 0.1) is 34.7 Å². The number of para-hydroxylation sites is 4. The zero-order valence-electron chi connectivity index (χ0n) is 16.0. The second-order valence-electron chi connectivity index (χ2n) is 6.05. The van der Waals surface area contributed by atoms with Gasteiger partial charge in [-0.15, -0.1) is 13.2 Å². The van der Waals surface area contributed by atoms with Crippen LogP contribution in [0.1, 0.15) is 12.8 Å². The molecular formula is C22H24Cl2N4Pd. The molecule has 0 N–H and O–H groups in total. The molecule has 0 saturated heterocycles. The van der Waals surface area contributed by atoms with Crippen LogP contribution in [-0.4, -0.2) is 19.1 Å². The van der Waals surface area contributed by atoms with E-state index >= 15 is 0 Å². The van der Waals surface area contributed by atoms with Crippen molar-refractivity contribution >= 4 is 41.1 Å². The second-order valence-corrected chi connectivity index (χ2v) is 8.41. The Morgan fingerprint density at radius 3 is 1.52 bits per heavy atom. The van der Waals surface area contributed by atoms with Crippen molar-refractivity contribution in [3.63, 3.8) is 0 Å². The van der Waals surface area contributed by atoms with Crippen LogP contribution in [0.4, 0.5) is 0 Å². The third-order valence-corrected chi connectivity index (χ3v) is 4.20. The van der Waals surface area contributed by atoms with Gasteiger partial charge in [0.2, 0.25) is 0 Å². The normalized spacial score (nSPS) is 10.1. The van der Waals surface area contributed by atoms with Crippen molar-refractivity contribution in [3.05, 3.63) is 86.5 Å². The SMILES string of the molecule is C=CCCn1cnc2ccccc21.C=CCCn1cnc2ccccc21.[Cl][Pd][Cl]. The number of rotatable bonds is 6. The van der Waals surface area contributed by atoms with E-state index in [1.807, 2.05) is 61.2 Å². The second kappa shape index (κ2) is 13.3. The summed E-state index contributed by atoms with van der Waals surface area (Å²) in [4.78, 5) is 8.60. The van der Waals surface area contributed by atoms with Gasteiger partial charge < -0.3 is 9.13 Å². The molecule has 0 amide bonds. The van der Waals surface area contributed by atoms with Crippen LogP contribution in [0.15, 0.2) is 86.5 Å². The number of hydrogen-bond donors (Lipinski definition) is 0. The molecule has 0 spiro atoms. The number of fused-ring (bicyclic) bond motifs is 2. The third-order valence-electron chi connectivity index (χ3n) is 4.20. The Bertz CT molecular complexity index is 944. The van der Waals surface area contributed by atoms with Gasteiger partial charge in [-0.05, 0) is 37.1 Å². The van der Waals surface area contributed by atoms with Gasteiger partial charge in [-0.2, -0.15) is 0 Å².